The first-order valence-electron chi connectivity index (χ1n) is 3.67. The number of aldehydes is 1. The highest BCUT2D eigenvalue weighted by Crippen LogP contribution is 2.23. The smallest absolute Gasteiger partial charge is 0.151 e. The van der Waals surface area contributed by atoms with Gasteiger partial charge in [-0.1, -0.05) is 0 Å². The first kappa shape index (κ1) is 7.00. The molecule has 2 nitrogen and oxygen atoms in total. The van der Waals surface area contributed by atoms with Crippen molar-refractivity contribution in [3.63, 3.8) is 0 Å². The van der Waals surface area contributed by atoms with Gasteiger partial charge < -0.3 is 5.32 Å². The molecular weight excluding hydrogens is 158 g/mol. The molecule has 0 aliphatic carbocycles. The summed E-state index contributed by atoms with van der Waals surface area (Å²) in [7, 11) is 0. The van der Waals surface area contributed by atoms with Crippen LogP contribution in [0.5, 0.6) is 0 Å². The van der Waals surface area contributed by atoms with Gasteiger partial charge in [-0.15, -0.1) is 11.3 Å². The van der Waals surface area contributed by atoms with Crippen LogP contribution in [0.2, 0.25) is 0 Å². The van der Waals surface area contributed by atoms with Gasteiger partial charge in [0.1, 0.15) is 0 Å². The monoisotopic (exact) mass is 167 g/mol. The van der Waals surface area contributed by atoms with Crippen LogP contribution in [0.3, 0.4) is 0 Å². The van der Waals surface area contributed by atoms with Crippen LogP contribution in [-0.4, -0.2) is 12.8 Å². The Hall–Kier alpha value is -0.670. The van der Waals surface area contributed by atoms with Crippen molar-refractivity contribution in [2.75, 3.05) is 6.54 Å². The molecule has 0 saturated carbocycles. The minimum absolute atomic E-state index is 0.895. The zero-order chi connectivity index (χ0) is 7.68. The number of hydrogen-bond acceptors (Lipinski definition) is 3. The Morgan fingerprint density at radius 3 is 3.36 bits per heavy atom. The molecule has 0 bridgehead atoms. The van der Waals surface area contributed by atoms with E-state index in [1.54, 1.807) is 11.3 Å². The Morgan fingerprint density at radius 2 is 2.55 bits per heavy atom. The third-order valence-corrected chi connectivity index (χ3v) is 3.02. The minimum Gasteiger partial charge on any atom is -0.312 e. The maximum absolute atomic E-state index is 10.5. The standard InChI is InChI=1S/C8H9NOS/c10-4-6-5-11-8-3-9-2-1-7(6)8/h4-5,9H,1-3H2. The van der Waals surface area contributed by atoms with E-state index in [4.69, 9.17) is 0 Å². The summed E-state index contributed by atoms with van der Waals surface area (Å²) in [5.41, 5.74) is 2.16. The maximum Gasteiger partial charge on any atom is 0.151 e. The third-order valence-electron chi connectivity index (χ3n) is 1.98. The Bertz CT molecular complexity index is 280. The van der Waals surface area contributed by atoms with E-state index in [0.29, 0.717) is 0 Å². The van der Waals surface area contributed by atoms with Crippen LogP contribution in [0.25, 0.3) is 0 Å². The van der Waals surface area contributed by atoms with E-state index in [0.717, 1.165) is 31.4 Å². The van der Waals surface area contributed by atoms with Crippen LogP contribution in [-0.2, 0) is 13.0 Å². The van der Waals surface area contributed by atoms with Crippen LogP contribution in [0.15, 0.2) is 5.38 Å². The third kappa shape index (κ3) is 1.10. The van der Waals surface area contributed by atoms with Gasteiger partial charge in [0.25, 0.3) is 0 Å². The Labute approximate surface area is 69.2 Å². The minimum atomic E-state index is 0.895. The molecule has 1 aliphatic rings. The lowest BCUT2D eigenvalue weighted by Crippen LogP contribution is -2.22. The largest absolute Gasteiger partial charge is 0.312 e. The van der Waals surface area contributed by atoms with Crippen molar-refractivity contribution in [3.05, 3.63) is 21.4 Å². The van der Waals surface area contributed by atoms with Gasteiger partial charge in [0.15, 0.2) is 6.29 Å². The van der Waals surface area contributed by atoms with E-state index < -0.39 is 0 Å². The summed E-state index contributed by atoms with van der Waals surface area (Å²) in [6, 6.07) is 0. The molecule has 1 aromatic rings. The van der Waals surface area contributed by atoms with Gasteiger partial charge in [-0.05, 0) is 18.5 Å². The van der Waals surface area contributed by atoms with Crippen molar-refractivity contribution in [3.8, 4) is 0 Å². The van der Waals surface area contributed by atoms with Crippen molar-refractivity contribution >= 4 is 17.6 Å². The lowest BCUT2D eigenvalue weighted by Gasteiger charge is -2.12. The second-order valence-corrected chi connectivity index (χ2v) is 3.60. The van der Waals surface area contributed by atoms with Gasteiger partial charge >= 0.3 is 0 Å². The molecule has 0 atom stereocenters. The molecule has 0 unspecified atom stereocenters. The Kier molecular flexibility index (Phi) is 1.75. The molecule has 1 N–H and O–H groups in total. The first-order chi connectivity index (χ1) is 5.42. The van der Waals surface area contributed by atoms with Crippen LogP contribution >= 0.6 is 11.3 Å². The molecule has 58 valence electrons. The molecule has 2 rings (SSSR count). The highest BCUT2D eigenvalue weighted by Gasteiger charge is 2.13. The Balaban J connectivity index is 2.45. The molecule has 1 aliphatic heterocycles. The molecule has 2 heterocycles. The number of rotatable bonds is 1. The number of hydrogen-bond donors (Lipinski definition) is 1. The molecule has 0 spiro atoms. The fourth-order valence-corrected chi connectivity index (χ4v) is 2.40. The van der Waals surface area contributed by atoms with E-state index in [9.17, 15) is 4.79 Å². The van der Waals surface area contributed by atoms with E-state index in [-0.39, 0.29) is 0 Å². The van der Waals surface area contributed by atoms with Gasteiger partial charge in [0.05, 0.1) is 0 Å². The number of nitrogens with one attached hydrogen (secondary N) is 1. The predicted molar refractivity (Wildman–Crippen MR) is 45.1 cm³/mol. The second kappa shape index (κ2) is 2.75. The van der Waals surface area contributed by atoms with Crippen molar-refractivity contribution in [1.29, 1.82) is 0 Å². The summed E-state index contributed by atoms with van der Waals surface area (Å²) in [4.78, 5) is 11.9. The number of carbonyl (C=O) groups excluding carboxylic acids is 1. The van der Waals surface area contributed by atoms with E-state index in [1.807, 2.05) is 5.38 Å². The van der Waals surface area contributed by atoms with E-state index in [2.05, 4.69) is 5.32 Å². The summed E-state index contributed by atoms with van der Waals surface area (Å²) in [6.07, 6.45) is 1.97. The van der Waals surface area contributed by atoms with Crippen molar-refractivity contribution in [1.82, 2.24) is 5.32 Å². The number of thiophene rings is 1. The van der Waals surface area contributed by atoms with Crippen LogP contribution < -0.4 is 5.32 Å². The van der Waals surface area contributed by atoms with Crippen LogP contribution in [0.1, 0.15) is 20.8 Å². The quantitative estimate of drug-likeness (QED) is 0.637. The fourth-order valence-electron chi connectivity index (χ4n) is 1.38. The topological polar surface area (TPSA) is 29.1 Å². The summed E-state index contributed by atoms with van der Waals surface area (Å²) in [5.74, 6) is 0. The molecule has 3 heteroatoms. The van der Waals surface area contributed by atoms with Gasteiger partial charge in [0, 0.05) is 22.4 Å². The summed E-state index contributed by atoms with van der Waals surface area (Å²) >= 11 is 1.68. The fraction of sp³-hybridized carbons (Fsp3) is 0.375. The molecule has 0 saturated heterocycles. The molecule has 11 heavy (non-hydrogen) atoms. The number of carbonyl (C=O) groups is 1. The highest BCUT2D eigenvalue weighted by molar-refractivity contribution is 7.10. The SMILES string of the molecule is O=Cc1csc2c1CCNC2. The van der Waals surface area contributed by atoms with Gasteiger partial charge in [0.2, 0.25) is 0 Å². The van der Waals surface area contributed by atoms with E-state index >= 15 is 0 Å². The lowest BCUT2D eigenvalue weighted by atomic mass is 10.1. The van der Waals surface area contributed by atoms with E-state index in [1.165, 1.54) is 10.4 Å². The molecular formula is C8H9NOS. The molecule has 1 aromatic heterocycles. The highest BCUT2D eigenvalue weighted by atomic mass is 32.1. The Morgan fingerprint density at radius 1 is 1.64 bits per heavy atom. The summed E-state index contributed by atoms with van der Waals surface area (Å²) in [6.45, 7) is 1.94. The second-order valence-electron chi connectivity index (χ2n) is 2.64. The summed E-state index contributed by atoms with van der Waals surface area (Å²) < 4.78 is 0. The molecule has 0 fully saturated rings. The van der Waals surface area contributed by atoms with Crippen molar-refractivity contribution < 1.29 is 4.79 Å². The van der Waals surface area contributed by atoms with Crippen LogP contribution in [0.4, 0.5) is 0 Å². The normalized spacial score (nSPS) is 16.0. The lowest BCUT2D eigenvalue weighted by molar-refractivity contribution is 0.112. The average Bonchev–Trinajstić information content (AvgIpc) is 2.47. The zero-order valence-corrected chi connectivity index (χ0v) is 6.91. The maximum atomic E-state index is 10.5. The predicted octanol–water partition coefficient (Wildman–Crippen LogP) is 1.21. The molecule has 0 amide bonds. The van der Waals surface area contributed by atoms with Crippen molar-refractivity contribution in [2.45, 2.75) is 13.0 Å². The van der Waals surface area contributed by atoms with Gasteiger partial charge in [-0.25, -0.2) is 0 Å². The van der Waals surface area contributed by atoms with Crippen LogP contribution in [0, 0.1) is 0 Å². The summed E-state index contributed by atoms with van der Waals surface area (Å²) in [5, 5.41) is 5.22. The van der Waals surface area contributed by atoms with Crippen molar-refractivity contribution in [2.24, 2.45) is 0 Å². The first-order valence-corrected chi connectivity index (χ1v) is 4.55. The van der Waals surface area contributed by atoms with Gasteiger partial charge in [-0.2, -0.15) is 0 Å². The van der Waals surface area contributed by atoms with Gasteiger partial charge in [-0.3, -0.25) is 4.79 Å². The number of fused-ring (bicyclic) bond motifs is 1. The molecule has 0 radical (unpaired) electrons. The average molecular weight is 167 g/mol. The zero-order valence-electron chi connectivity index (χ0n) is 6.09. The molecule has 0 aromatic carbocycles.